The molecule has 0 amide bonds. The Morgan fingerprint density at radius 3 is 2.63 bits per heavy atom. The van der Waals surface area contributed by atoms with Crippen molar-refractivity contribution in [2.75, 3.05) is 14.1 Å². The van der Waals surface area contributed by atoms with Gasteiger partial charge in [0.25, 0.3) is 0 Å². The Kier molecular flexibility index (Phi) is 4.94. The molecule has 1 aliphatic rings. The van der Waals surface area contributed by atoms with E-state index in [1.165, 1.54) is 25.7 Å². The lowest BCUT2D eigenvalue weighted by Crippen LogP contribution is -2.50. The van der Waals surface area contributed by atoms with Crippen LogP contribution < -0.4 is 5.32 Å². The lowest BCUT2D eigenvalue weighted by atomic mass is 9.88. The summed E-state index contributed by atoms with van der Waals surface area (Å²) in [6, 6.07) is 8.24. The molecular weight excluding hydrogens is 239 g/mol. The zero-order valence-electron chi connectivity index (χ0n) is 12.2. The van der Waals surface area contributed by atoms with Crippen molar-refractivity contribution in [2.24, 2.45) is 0 Å². The zero-order chi connectivity index (χ0) is 13.8. The summed E-state index contributed by atoms with van der Waals surface area (Å²) in [6.07, 6.45) is 4.98. The first-order valence-corrected chi connectivity index (χ1v) is 7.28. The van der Waals surface area contributed by atoms with Gasteiger partial charge >= 0.3 is 0 Å². The highest BCUT2D eigenvalue weighted by molar-refractivity contribution is 5.21. The summed E-state index contributed by atoms with van der Waals surface area (Å²) in [4.78, 5) is 2.33. The average molecular weight is 264 g/mol. The molecule has 19 heavy (non-hydrogen) atoms. The monoisotopic (exact) mass is 264 g/mol. The summed E-state index contributed by atoms with van der Waals surface area (Å²) in [5.41, 5.74) is 0.797. The smallest absolute Gasteiger partial charge is 0.127 e. The van der Waals surface area contributed by atoms with E-state index >= 15 is 0 Å². The van der Waals surface area contributed by atoms with Gasteiger partial charge in [0.05, 0.1) is 0 Å². The predicted octanol–water partition coefficient (Wildman–Crippen LogP) is 3.35. The van der Waals surface area contributed by atoms with Crippen LogP contribution in [-0.4, -0.2) is 31.1 Å². The average Bonchev–Trinajstić information content (AvgIpc) is 2.46. The molecule has 0 spiro atoms. The van der Waals surface area contributed by atoms with Gasteiger partial charge in [-0.25, -0.2) is 4.39 Å². The third-order valence-electron chi connectivity index (χ3n) is 4.59. The first-order valence-electron chi connectivity index (χ1n) is 7.28. The molecule has 1 N–H and O–H groups in total. The third-order valence-corrected chi connectivity index (χ3v) is 4.59. The molecule has 3 heteroatoms. The summed E-state index contributed by atoms with van der Waals surface area (Å²) >= 11 is 0. The van der Waals surface area contributed by atoms with Crippen LogP contribution in [0.25, 0.3) is 0 Å². The number of rotatable bonds is 4. The number of nitrogens with zero attached hydrogens (tertiary/aromatic N) is 1. The number of benzene rings is 1. The highest BCUT2D eigenvalue weighted by Gasteiger charge is 2.30. The molecule has 1 aromatic rings. The molecule has 0 aliphatic heterocycles. The van der Waals surface area contributed by atoms with Gasteiger partial charge < -0.3 is 5.32 Å². The minimum absolute atomic E-state index is 0.0985. The van der Waals surface area contributed by atoms with E-state index in [4.69, 9.17) is 0 Å². The van der Waals surface area contributed by atoms with E-state index in [-0.39, 0.29) is 11.9 Å². The first kappa shape index (κ1) is 14.5. The van der Waals surface area contributed by atoms with Crippen molar-refractivity contribution in [1.29, 1.82) is 0 Å². The standard InChI is InChI=1S/C16H25FN2/c1-12(13-8-4-5-9-14(13)17)19(3)16-11-7-6-10-15(16)18-2/h4-5,8-9,12,15-16,18H,6-7,10-11H2,1-3H3. The maximum atomic E-state index is 13.9. The Labute approximate surface area is 116 Å². The van der Waals surface area contributed by atoms with E-state index in [0.717, 1.165) is 5.56 Å². The summed E-state index contributed by atoms with van der Waals surface area (Å²) in [6.45, 7) is 2.10. The van der Waals surface area contributed by atoms with Gasteiger partial charge in [-0.2, -0.15) is 0 Å². The molecule has 1 fully saturated rings. The fourth-order valence-corrected chi connectivity index (χ4v) is 3.26. The second-order valence-electron chi connectivity index (χ2n) is 5.61. The van der Waals surface area contributed by atoms with Crippen LogP contribution in [0.5, 0.6) is 0 Å². The van der Waals surface area contributed by atoms with Crippen LogP contribution in [0.1, 0.15) is 44.2 Å². The van der Waals surface area contributed by atoms with Gasteiger partial charge in [-0.05, 0) is 39.9 Å². The maximum Gasteiger partial charge on any atom is 0.127 e. The normalized spacial score (nSPS) is 25.5. The Balaban J connectivity index is 2.14. The second kappa shape index (κ2) is 6.49. The van der Waals surface area contributed by atoms with Crippen LogP contribution in [-0.2, 0) is 0 Å². The molecule has 3 atom stereocenters. The molecular formula is C16H25FN2. The fourth-order valence-electron chi connectivity index (χ4n) is 3.26. The van der Waals surface area contributed by atoms with Gasteiger partial charge in [-0.3, -0.25) is 4.90 Å². The lowest BCUT2D eigenvalue weighted by molar-refractivity contribution is 0.115. The Bertz CT molecular complexity index is 407. The molecule has 0 radical (unpaired) electrons. The first-order chi connectivity index (χ1) is 9.15. The van der Waals surface area contributed by atoms with Crippen LogP contribution in [0.15, 0.2) is 24.3 Å². The number of nitrogens with one attached hydrogen (secondary N) is 1. The van der Waals surface area contributed by atoms with E-state index < -0.39 is 0 Å². The predicted molar refractivity (Wildman–Crippen MR) is 77.7 cm³/mol. The Morgan fingerprint density at radius 2 is 1.95 bits per heavy atom. The molecule has 1 saturated carbocycles. The van der Waals surface area contributed by atoms with Crippen LogP contribution in [0.4, 0.5) is 4.39 Å². The SMILES string of the molecule is CNC1CCCCC1N(C)C(C)c1ccccc1F. The largest absolute Gasteiger partial charge is 0.315 e. The zero-order valence-corrected chi connectivity index (χ0v) is 12.2. The second-order valence-corrected chi connectivity index (χ2v) is 5.61. The van der Waals surface area contributed by atoms with Gasteiger partial charge in [0, 0.05) is 23.7 Å². The van der Waals surface area contributed by atoms with Gasteiger partial charge in [-0.15, -0.1) is 0 Å². The molecule has 2 nitrogen and oxygen atoms in total. The number of hydrogen-bond donors (Lipinski definition) is 1. The Hall–Kier alpha value is -0.930. The quantitative estimate of drug-likeness (QED) is 0.897. The number of halogens is 1. The van der Waals surface area contributed by atoms with Crippen molar-refractivity contribution in [2.45, 2.75) is 50.7 Å². The lowest BCUT2D eigenvalue weighted by Gasteiger charge is -2.41. The van der Waals surface area contributed by atoms with Gasteiger partial charge in [-0.1, -0.05) is 31.0 Å². The van der Waals surface area contributed by atoms with Crippen molar-refractivity contribution in [1.82, 2.24) is 10.2 Å². The summed E-state index contributed by atoms with van der Waals surface area (Å²) in [5, 5.41) is 3.42. The highest BCUT2D eigenvalue weighted by Crippen LogP contribution is 2.29. The van der Waals surface area contributed by atoms with Crippen LogP contribution in [0.3, 0.4) is 0 Å². The number of hydrogen-bond acceptors (Lipinski definition) is 2. The maximum absolute atomic E-state index is 13.9. The van der Waals surface area contributed by atoms with Gasteiger partial charge in [0.2, 0.25) is 0 Å². The van der Waals surface area contributed by atoms with Gasteiger partial charge in [0.1, 0.15) is 5.82 Å². The Morgan fingerprint density at radius 1 is 1.26 bits per heavy atom. The van der Waals surface area contributed by atoms with Crippen molar-refractivity contribution in [3.8, 4) is 0 Å². The minimum Gasteiger partial charge on any atom is -0.315 e. The van der Waals surface area contributed by atoms with E-state index in [0.29, 0.717) is 12.1 Å². The molecule has 3 unspecified atom stereocenters. The van der Waals surface area contributed by atoms with Crippen molar-refractivity contribution < 1.29 is 4.39 Å². The molecule has 1 aliphatic carbocycles. The number of likely N-dealkylation sites (N-methyl/N-ethyl adjacent to an activating group) is 2. The molecule has 0 aromatic heterocycles. The van der Waals surface area contributed by atoms with Crippen molar-refractivity contribution in [3.05, 3.63) is 35.6 Å². The molecule has 106 valence electrons. The summed E-state index contributed by atoms with van der Waals surface area (Å²) in [5.74, 6) is -0.0985. The molecule has 0 heterocycles. The molecule has 2 rings (SSSR count). The third kappa shape index (κ3) is 3.15. The van der Waals surface area contributed by atoms with Crippen LogP contribution >= 0.6 is 0 Å². The molecule has 0 saturated heterocycles. The van der Waals surface area contributed by atoms with Crippen LogP contribution in [0, 0.1) is 5.82 Å². The van der Waals surface area contributed by atoms with Crippen molar-refractivity contribution >= 4 is 0 Å². The van der Waals surface area contributed by atoms with E-state index in [1.807, 2.05) is 19.2 Å². The topological polar surface area (TPSA) is 15.3 Å². The van der Waals surface area contributed by atoms with E-state index in [1.54, 1.807) is 12.1 Å². The fraction of sp³-hybridized carbons (Fsp3) is 0.625. The molecule has 1 aromatic carbocycles. The van der Waals surface area contributed by atoms with Crippen molar-refractivity contribution in [3.63, 3.8) is 0 Å². The summed E-state index contributed by atoms with van der Waals surface area (Å²) in [7, 11) is 4.15. The molecule has 0 bridgehead atoms. The summed E-state index contributed by atoms with van der Waals surface area (Å²) < 4.78 is 13.9. The minimum atomic E-state index is -0.0985. The van der Waals surface area contributed by atoms with Gasteiger partial charge in [0.15, 0.2) is 0 Å². The van der Waals surface area contributed by atoms with Crippen LogP contribution in [0.2, 0.25) is 0 Å². The van der Waals surface area contributed by atoms with E-state index in [9.17, 15) is 4.39 Å². The highest BCUT2D eigenvalue weighted by atomic mass is 19.1. The van der Waals surface area contributed by atoms with E-state index in [2.05, 4.69) is 24.2 Å².